The molecule has 0 aliphatic heterocycles. The van der Waals surface area contributed by atoms with Crippen molar-refractivity contribution in [3.8, 4) is 11.3 Å². The van der Waals surface area contributed by atoms with Gasteiger partial charge in [-0.05, 0) is 18.1 Å². The van der Waals surface area contributed by atoms with E-state index in [-0.39, 0.29) is 6.04 Å². The molecule has 0 saturated heterocycles. The van der Waals surface area contributed by atoms with Gasteiger partial charge < -0.3 is 10.4 Å². The molecule has 3 aromatic rings. The van der Waals surface area contributed by atoms with E-state index in [2.05, 4.69) is 15.5 Å². The van der Waals surface area contributed by atoms with Crippen molar-refractivity contribution in [3.05, 3.63) is 78.0 Å². The number of nitrogens with one attached hydrogen (secondary N) is 2. The number of carboxylic acid groups (broad SMARTS) is 1. The van der Waals surface area contributed by atoms with Crippen LogP contribution in [0.5, 0.6) is 0 Å². The Morgan fingerprint density at radius 3 is 2.39 bits per heavy atom. The zero-order valence-corrected chi connectivity index (χ0v) is 12.4. The fourth-order valence-electron chi connectivity index (χ4n) is 2.51. The predicted octanol–water partition coefficient (Wildman–Crippen LogP) is 3.63. The van der Waals surface area contributed by atoms with Crippen LogP contribution in [0.25, 0.3) is 11.3 Å². The van der Waals surface area contributed by atoms with Crippen molar-refractivity contribution in [3.63, 3.8) is 0 Å². The number of amides is 1. The highest BCUT2D eigenvalue weighted by molar-refractivity contribution is 5.65. The van der Waals surface area contributed by atoms with Crippen LogP contribution in [-0.2, 0) is 6.42 Å². The van der Waals surface area contributed by atoms with Crippen molar-refractivity contribution >= 4 is 6.09 Å². The SMILES string of the molecule is O=C(O)NC(Cc1ccccc1)c1cc(-c2ccccc2)n[nH]1. The molecule has 0 radical (unpaired) electrons. The summed E-state index contributed by atoms with van der Waals surface area (Å²) in [5, 5.41) is 18.9. The van der Waals surface area contributed by atoms with E-state index in [9.17, 15) is 4.79 Å². The van der Waals surface area contributed by atoms with Crippen LogP contribution in [0.2, 0.25) is 0 Å². The van der Waals surface area contributed by atoms with Gasteiger partial charge in [-0.25, -0.2) is 4.79 Å². The summed E-state index contributed by atoms with van der Waals surface area (Å²) in [4.78, 5) is 11.1. The van der Waals surface area contributed by atoms with Crippen molar-refractivity contribution in [1.82, 2.24) is 15.5 Å². The average molecular weight is 307 g/mol. The maximum atomic E-state index is 11.1. The van der Waals surface area contributed by atoms with E-state index in [4.69, 9.17) is 5.11 Å². The molecule has 1 amide bonds. The van der Waals surface area contributed by atoms with E-state index < -0.39 is 6.09 Å². The Morgan fingerprint density at radius 2 is 1.74 bits per heavy atom. The second kappa shape index (κ2) is 6.79. The van der Waals surface area contributed by atoms with Crippen LogP contribution in [0.3, 0.4) is 0 Å². The number of nitrogens with zero attached hydrogens (tertiary/aromatic N) is 1. The molecule has 3 N–H and O–H groups in total. The van der Waals surface area contributed by atoms with Gasteiger partial charge in [0.05, 0.1) is 17.4 Å². The van der Waals surface area contributed by atoms with Gasteiger partial charge in [0.25, 0.3) is 0 Å². The van der Waals surface area contributed by atoms with Crippen molar-refractivity contribution < 1.29 is 9.90 Å². The highest BCUT2D eigenvalue weighted by atomic mass is 16.4. The molecule has 0 saturated carbocycles. The molecule has 0 bridgehead atoms. The normalized spacial score (nSPS) is 11.8. The number of aromatic nitrogens is 2. The van der Waals surface area contributed by atoms with Gasteiger partial charge in [-0.3, -0.25) is 5.10 Å². The van der Waals surface area contributed by atoms with E-state index in [1.165, 1.54) is 0 Å². The zero-order chi connectivity index (χ0) is 16.1. The fourth-order valence-corrected chi connectivity index (χ4v) is 2.51. The van der Waals surface area contributed by atoms with Crippen molar-refractivity contribution in [1.29, 1.82) is 0 Å². The highest BCUT2D eigenvalue weighted by Crippen LogP contribution is 2.22. The second-order valence-electron chi connectivity index (χ2n) is 5.27. The third-order valence-electron chi connectivity index (χ3n) is 3.62. The molecule has 5 nitrogen and oxygen atoms in total. The average Bonchev–Trinajstić information content (AvgIpc) is 3.06. The standard InChI is InChI=1S/C18H17N3O2/c22-18(23)19-16(11-13-7-3-1-4-8-13)17-12-15(20-21-17)14-9-5-2-6-10-14/h1-10,12,16,19H,11H2,(H,20,21)(H,22,23). The first kappa shape index (κ1) is 14.8. The van der Waals surface area contributed by atoms with Crippen molar-refractivity contribution in [2.24, 2.45) is 0 Å². The first-order valence-corrected chi connectivity index (χ1v) is 7.36. The summed E-state index contributed by atoms with van der Waals surface area (Å²) in [5.74, 6) is 0. The van der Waals surface area contributed by atoms with Crippen molar-refractivity contribution in [2.75, 3.05) is 0 Å². The summed E-state index contributed by atoms with van der Waals surface area (Å²) in [6.45, 7) is 0. The lowest BCUT2D eigenvalue weighted by Gasteiger charge is -2.15. The summed E-state index contributed by atoms with van der Waals surface area (Å²) in [6.07, 6.45) is -0.495. The molecule has 116 valence electrons. The summed E-state index contributed by atoms with van der Waals surface area (Å²) >= 11 is 0. The van der Waals surface area contributed by atoms with E-state index in [1.807, 2.05) is 66.7 Å². The summed E-state index contributed by atoms with van der Waals surface area (Å²) in [5.41, 5.74) is 3.59. The Balaban J connectivity index is 1.85. The number of benzene rings is 2. The molecule has 1 aromatic heterocycles. The Labute approximate surface area is 134 Å². The lowest BCUT2D eigenvalue weighted by Crippen LogP contribution is -2.28. The molecule has 2 aromatic carbocycles. The molecule has 0 aliphatic carbocycles. The molecule has 1 unspecified atom stereocenters. The maximum Gasteiger partial charge on any atom is 0.405 e. The Bertz CT molecular complexity index is 769. The molecule has 0 spiro atoms. The van der Waals surface area contributed by atoms with E-state index >= 15 is 0 Å². The molecule has 0 aliphatic rings. The third kappa shape index (κ3) is 3.77. The molecular weight excluding hydrogens is 290 g/mol. The quantitative estimate of drug-likeness (QED) is 0.673. The minimum atomic E-state index is -1.05. The number of H-pyrrole nitrogens is 1. The zero-order valence-electron chi connectivity index (χ0n) is 12.4. The molecule has 5 heteroatoms. The van der Waals surface area contributed by atoms with Crippen LogP contribution in [0.15, 0.2) is 66.7 Å². The van der Waals surface area contributed by atoms with Crippen LogP contribution < -0.4 is 5.32 Å². The van der Waals surface area contributed by atoms with Crippen LogP contribution in [0.1, 0.15) is 17.3 Å². The number of hydrogen-bond acceptors (Lipinski definition) is 2. The monoisotopic (exact) mass is 307 g/mol. The molecule has 23 heavy (non-hydrogen) atoms. The first-order chi connectivity index (χ1) is 11.2. The summed E-state index contributed by atoms with van der Waals surface area (Å²) < 4.78 is 0. The van der Waals surface area contributed by atoms with Gasteiger partial charge in [-0.15, -0.1) is 0 Å². The van der Waals surface area contributed by atoms with E-state index in [0.717, 1.165) is 22.5 Å². The van der Waals surface area contributed by atoms with Gasteiger partial charge in [0, 0.05) is 5.56 Å². The Kier molecular flexibility index (Phi) is 4.38. The highest BCUT2D eigenvalue weighted by Gasteiger charge is 2.17. The van der Waals surface area contributed by atoms with Gasteiger partial charge in [-0.1, -0.05) is 60.7 Å². The van der Waals surface area contributed by atoms with Gasteiger partial charge in [-0.2, -0.15) is 5.10 Å². The van der Waals surface area contributed by atoms with E-state index in [1.54, 1.807) is 0 Å². The smallest absolute Gasteiger partial charge is 0.405 e. The van der Waals surface area contributed by atoms with Crippen LogP contribution >= 0.6 is 0 Å². The Morgan fingerprint density at radius 1 is 1.09 bits per heavy atom. The largest absolute Gasteiger partial charge is 0.465 e. The number of rotatable bonds is 5. The first-order valence-electron chi connectivity index (χ1n) is 7.36. The predicted molar refractivity (Wildman–Crippen MR) is 88.1 cm³/mol. The summed E-state index contributed by atoms with van der Waals surface area (Å²) in [6, 6.07) is 21.1. The van der Waals surface area contributed by atoms with Gasteiger partial charge in [0.15, 0.2) is 0 Å². The molecule has 1 heterocycles. The van der Waals surface area contributed by atoms with Gasteiger partial charge in [0.1, 0.15) is 0 Å². The van der Waals surface area contributed by atoms with Crippen molar-refractivity contribution in [2.45, 2.75) is 12.5 Å². The van der Waals surface area contributed by atoms with Crippen LogP contribution in [0.4, 0.5) is 4.79 Å². The van der Waals surface area contributed by atoms with Gasteiger partial charge in [0.2, 0.25) is 0 Å². The van der Waals surface area contributed by atoms with Crippen LogP contribution in [-0.4, -0.2) is 21.4 Å². The molecular formula is C18H17N3O2. The number of aromatic amines is 1. The lowest BCUT2D eigenvalue weighted by atomic mass is 10.0. The maximum absolute atomic E-state index is 11.1. The minimum absolute atomic E-state index is 0.375. The fraction of sp³-hybridized carbons (Fsp3) is 0.111. The molecule has 1 atom stereocenters. The lowest BCUT2D eigenvalue weighted by molar-refractivity contribution is 0.189. The van der Waals surface area contributed by atoms with Gasteiger partial charge >= 0.3 is 6.09 Å². The molecule has 3 rings (SSSR count). The topological polar surface area (TPSA) is 78.0 Å². The Hall–Kier alpha value is -3.08. The van der Waals surface area contributed by atoms with E-state index in [0.29, 0.717) is 6.42 Å². The third-order valence-corrected chi connectivity index (χ3v) is 3.62. The van der Waals surface area contributed by atoms with Crippen LogP contribution in [0, 0.1) is 0 Å². The second-order valence-corrected chi connectivity index (χ2v) is 5.27. The molecule has 0 fully saturated rings. The minimum Gasteiger partial charge on any atom is -0.465 e. The summed E-state index contributed by atoms with van der Waals surface area (Å²) in [7, 11) is 0. The number of hydrogen-bond donors (Lipinski definition) is 3. The number of carbonyl (C=O) groups is 1.